The third-order valence-corrected chi connectivity index (χ3v) is 6.16. The van der Waals surface area contributed by atoms with E-state index in [1.165, 1.54) is 44.7 Å². The van der Waals surface area contributed by atoms with E-state index in [1.54, 1.807) is 0 Å². The summed E-state index contributed by atoms with van der Waals surface area (Å²) in [6.07, 6.45) is 0. The zero-order chi connectivity index (χ0) is 22.6. The summed E-state index contributed by atoms with van der Waals surface area (Å²) in [6, 6.07) is 43.8. The maximum atomic E-state index is 3.86. The first kappa shape index (κ1) is 21.0. The molecule has 0 fully saturated rings. The highest BCUT2D eigenvalue weighted by Gasteiger charge is 2.37. The molecule has 0 saturated carbocycles. The van der Waals surface area contributed by atoms with E-state index >= 15 is 0 Å². The van der Waals surface area contributed by atoms with Crippen molar-refractivity contribution in [1.82, 2.24) is 5.32 Å². The van der Waals surface area contributed by atoms with E-state index in [0.717, 1.165) is 0 Å². The summed E-state index contributed by atoms with van der Waals surface area (Å²) in [5.74, 6) is 0.132. The summed E-state index contributed by atoms with van der Waals surface area (Å²) in [5, 5.41) is 3.86. The predicted molar refractivity (Wildman–Crippen MR) is 141 cm³/mol. The average Bonchev–Trinajstić information content (AvgIpc) is 3.20. The van der Waals surface area contributed by atoms with Crippen LogP contribution in [0.1, 0.15) is 42.0 Å². The molecule has 0 aliphatic heterocycles. The molecule has 1 heteroatoms. The molecule has 4 aromatic rings. The van der Waals surface area contributed by atoms with Gasteiger partial charge in [-0.3, -0.25) is 0 Å². The molecule has 0 saturated heterocycles. The Balaban J connectivity index is 1.88. The monoisotopic (exact) mass is 427 g/mol. The summed E-state index contributed by atoms with van der Waals surface area (Å²) in [5.41, 5.74) is 10.3. The second-order valence-electron chi connectivity index (χ2n) is 8.82. The van der Waals surface area contributed by atoms with Crippen molar-refractivity contribution in [2.75, 3.05) is 0 Å². The Bertz CT molecular complexity index is 1270. The molecular weight excluding hydrogens is 398 g/mol. The van der Waals surface area contributed by atoms with Gasteiger partial charge in [-0.15, -0.1) is 0 Å². The van der Waals surface area contributed by atoms with E-state index < -0.39 is 0 Å². The molecule has 1 aliphatic carbocycles. The first-order chi connectivity index (χ1) is 16.2. The molecule has 0 aromatic heterocycles. The van der Waals surface area contributed by atoms with Crippen molar-refractivity contribution < 1.29 is 0 Å². The van der Waals surface area contributed by atoms with Gasteiger partial charge in [0.05, 0.1) is 0 Å². The first-order valence-electron chi connectivity index (χ1n) is 11.7. The Kier molecular flexibility index (Phi) is 5.95. The lowest BCUT2D eigenvalue weighted by Gasteiger charge is -2.22. The van der Waals surface area contributed by atoms with Crippen LogP contribution in [-0.2, 0) is 0 Å². The van der Waals surface area contributed by atoms with Gasteiger partial charge >= 0.3 is 0 Å². The van der Waals surface area contributed by atoms with Crippen LogP contribution < -0.4 is 5.32 Å². The van der Waals surface area contributed by atoms with Gasteiger partial charge in [-0.2, -0.15) is 0 Å². The van der Waals surface area contributed by atoms with Crippen molar-refractivity contribution in [3.63, 3.8) is 0 Å². The molecular formula is C32H29N. The lowest BCUT2D eigenvalue weighted by Crippen LogP contribution is -2.23. The highest BCUT2D eigenvalue weighted by atomic mass is 14.9. The van der Waals surface area contributed by atoms with Gasteiger partial charge < -0.3 is 5.32 Å². The van der Waals surface area contributed by atoms with Crippen molar-refractivity contribution in [3.8, 4) is 0 Å². The van der Waals surface area contributed by atoms with E-state index in [9.17, 15) is 0 Å². The quantitative estimate of drug-likeness (QED) is 0.331. The topological polar surface area (TPSA) is 12.0 Å². The minimum atomic E-state index is 0.132. The van der Waals surface area contributed by atoms with Crippen LogP contribution in [-0.4, -0.2) is 6.04 Å². The normalized spacial score (nSPS) is 15.9. The van der Waals surface area contributed by atoms with Crippen LogP contribution in [0.15, 0.2) is 127 Å². The Morgan fingerprint density at radius 1 is 0.515 bits per heavy atom. The van der Waals surface area contributed by atoms with Crippen LogP contribution in [0, 0.1) is 0 Å². The summed E-state index contributed by atoms with van der Waals surface area (Å²) in [4.78, 5) is 0. The Hall–Kier alpha value is -3.84. The third kappa shape index (κ3) is 4.15. The van der Waals surface area contributed by atoms with E-state index in [1.807, 2.05) is 0 Å². The van der Waals surface area contributed by atoms with Crippen molar-refractivity contribution in [2.45, 2.75) is 25.8 Å². The number of hydrogen-bond donors (Lipinski definition) is 1. The van der Waals surface area contributed by atoms with Gasteiger partial charge in [0.1, 0.15) is 0 Å². The third-order valence-electron chi connectivity index (χ3n) is 6.16. The van der Waals surface area contributed by atoms with E-state index in [2.05, 4.69) is 140 Å². The van der Waals surface area contributed by atoms with Crippen LogP contribution in [0.3, 0.4) is 0 Å². The summed E-state index contributed by atoms with van der Waals surface area (Å²) >= 11 is 0. The predicted octanol–water partition coefficient (Wildman–Crippen LogP) is 7.80. The zero-order valence-electron chi connectivity index (χ0n) is 19.2. The zero-order valence-corrected chi connectivity index (χ0v) is 19.2. The molecule has 0 spiro atoms. The summed E-state index contributed by atoms with van der Waals surface area (Å²) in [6.45, 7) is 4.44. The smallest absolute Gasteiger partial charge is 0.0473 e. The van der Waals surface area contributed by atoms with Crippen molar-refractivity contribution in [1.29, 1.82) is 0 Å². The summed E-state index contributed by atoms with van der Waals surface area (Å²) < 4.78 is 0. The van der Waals surface area contributed by atoms with Gasteiger partial charge in [0.15, 0.2) is 0 Å². The Morgan fingerprint density at radius 3 is 1.42 bits per heavy atom. The van der Waals surface area contributed by atoms with Crippen LogP contribution in [0.5, 0.6) is 0 Å². The standard InChI is InChI=1S/C32H29N/c1-23(2)33-32-30(26-19-11-5-12-20-26)28(24-15-7-3-8-16-24)29(25-17-9-4-10-18-25)31(32)27-21-13-6-14-22-27/h3-23,28,33H,1-2H3. The first-order valence-corrected chi connectivity index (χ1v) is 11.7. The van der Waals surface area contributed by atoms with E-state index in [4.69, 9.17) is 0 Å². The maximum Gasteiger partial charge on any atom is 0.0473 e. The molecule has 0 amide bonds. The van der Waals surface area contributed by atoms with Gasteiger partial charge in [0.25, 0.3) is 0 Å². The maximum absolute atomic E-state index is 3.86. The molecule has 5 rings (SSSR count). The Morgan fingerprint density at radius 2 is 0.939 bits per heavy atom. The minimum absolute atomic E-state index is 0.132. The van der Waals surface area contributed by atoms with E-state index in [0.29, 0.717) is 6.04 Å². The molecule has 4 aromatic carbocycles. The number of rotatable bonds is 6. The second-order valence-corrected chi connectivity index (χ2v) is 8.82. The van der Waals surface area contributed by atoms with Gasteiger partial charge in [0.2, 0.25) is 0 Å². The number of nitrogens with one attached hydrogen (secondary N) is 1. The van der Waals surface area contributed by atoms with Crippen molar-refractivity contribution >= 4 is 16.7 Å². The fourth-order valence-electron chi connectivity index (χ4n) is 4.88. The van der Waals surface area contributed by atoms with Gasteiger partial charge in [-0.25, -0.2) is 0 Å². The fraction of sp³-hybridized carbons (Fsp3) is 0.125. The molecule has 0 radical (unpaired) electrons. The van der Waals surface area contributed by atoms with Crippen LogP contribution in [0.4, 0.5) is 0 Å². The van der Waals surface area contributed by atoms with Crippen LogP contribution in [0.25, 0.3) is 16.7 Å². The molecule has 33 heavy (non-hydrogen) atoms. The average molecular weight is 428 g/mol. The molecule has 0 bridgehead atoms. The van der Waals surface area contributed by atoms with Crippen molar-refractivity contribution in [2.24, 2.45) is 0 Å². The molecule has 1 unspecified atom stereocenters. The summed E-state index contributed by atoms with van der Waals surface area (Å²) in [7, 11) is 0. The molecule has 1 nitrogen and oxygen atoms in total. The molecule has 1 aliphatic rings. The van der Waals surface area contributed by atoms with Crippen molar-refractivity contribution in [3.05, 3.63) is 149 Å². The molecule has 1 atom stereocenters. The number of hydrogen-bond acceptors (Lipinski definition) is 1. The van der Waals surface area contributed by atoms with Crippen LogP contribution in [0.2, 0.25) is 0 Å². The van der Waals surface area contributed by atoms with Crippen LogP contribution >= 0.6 is 0 Å². The van der Waals surface area contributed by atoms with Gasteiger partial charge in [-0.1, -0.05) is 121 Å². The SMILES string of the molecule is CC(C)NC1=C(c2ccccc2)C(c2ccccc2)C(c2ccccc2)=C1c1ccccc1. The second kappa shape index (κ2) is 9.34. The highest BCUT2D eigenvalue weighted by Crippen LogP contribution is 2.54. The molecule has 1 N–H and O–H groups in total. The lowest BCUT2D eigenvalue weighted by atomic mass is 9.81. The highest BCUT2D eigenvalue weighted by molar-refractivity contribution is 6.13. The Labute approximate surface area is 197 Å². The van der Waals surface area contributed by atoms with Gasteiger partial charge in [-0.05, 0) is 47.2 Å². The number of benzene rings is 4. The molecule has 0 heterocycles. The lowest BCUT2D eigenvalue weighted by molar-refractivity contribution is 0.686. The fourth-order valence-corrected chi connectivity index (χ4v) is 4.88. The largest absolute Gasteiger partial charge is 0.382 e. The number of allylic oxidation sites excluding steroid dienone is 3. The van der Waals surface area contributed by atoms with E-state index in [-0.39, 0.29) is 5.92 Å². The van der Waals surface area contributed by atoms with Gasteiger partial charge in [0, 0.05) is 23.2 Å². The molecule has 162 valence electrons. The minimum Gasteiger partial charge on any atom is -0.382 e.